The maximum absolute atomic E-state index is 5.91. The normalized spacial score (nSPS) is 10.9. The van der Waals surface area contributed by atoms with Gasteiger partial charge in [0.15, 0.2) is 5.75 Å². The topological polar surface area (TPSA) is 35.0 Å². The fourth-order valence-corrected chi connectivity index (χ4v) is 2.11. The molecule has 3 rings (SSSR count). The Hall–Kier alpha value is -2.42. The fraction of sp³-hybridized carbons (Fsp3) is 0.176. The lowest BCUT2D eigenvalue weighted by Crippen LogP contribution is -1.94. The Bertz CT molecular complexity index is 723. The largest absolute Gasteiger partial charge is 0.437 e. The number of nitrogens with zero attached hydrogens (tertiary/aromatic N) is 2. The minimum absolute atomic E-state index is 0.436. The van der Waals surface area contributed by atoms with Crippen molar-refractivity contribution in [2.45, 2.75) is 19.8 Å². The number of hydrogen-bond donors (Lipinski definition) is 0. The summed E-state index contributed by atoms with van der Waals surface area (Å²) >= 11 is 0. The van der Waals surface area contributed by atoms with Gasteiger partial charge in [-0.25, -0.2) is 4.98 Å². The van der Waals surface area contributed by atoms with E-state index in [1.165, 1.54) is 5.56 Å². The quantitative estimate of drug-likeness (QED) is 0.696. The Kier molecular flexibility index (Phi) is 3.33. The molecule has 3 heteroatoms. The van der Waals surface area contributed by atoms with Crippen LogP contribution in [0.15, 0.2) is 54.9 Å². The molecule has 2 aromatic heterocycles. The highest BCUT2D eigenvalue weighted by molar-refractivity contribution is 5.85. The van der Waals surface area contributed by atoms with Crippen LogP contribution in [0.25, 0.3) is 10.9 Å². The second-order valence-corrected chi connectivity index (χ2v) is 5.02. The number of fused-ring (bicyclic) bond motifs is 1. The first-order valence-electron chi connectivity index (χ1n) is 6.71. The van der Waals surface area contributed by atoms with Crippen LogP contribution in [0.3, 0.4) is 0 Å². The molecule has 20 heavy (non-hydrogen) atoms. The van der Waals surface area contributed by atoms with Crippen molar-refractivity contribution in [1.29, 1.82) is 0 Å². The highest BCUT2D eigenvalue weighted by Crippen LogP contribution is 2.31. The van der Waals surface area contributed by atoms with E-state index in [1.54, 1.807) is 12.4 Å². The third-order valence-electron chi connectivity index (χ3n) is 3.21. The number of rotatable bonds is 3. The van der Waals surface area contributed by atoms with Gasteiger partial charge in [-0.1, -0.05) is 26.0 Å². The van der Waals surface area contributed by atoms with Crippen molar-refractivity contribution in [3.63, 3.8) is 0 Å². The molecule has 100 valence electrons. The van der Waals surface area contributed by atoms with Crippen LogP contribution in [-0.4, -0.2) is 9.97 Å². The summed E-state index contributed by atoms with van der Waals surface area (Å²) < 4.78 is 5.91. The first-order valence-corrected chi connectivity index (χ1v) is 6.71. The minimum Gasteiger partial charge on any atom is -0.437 e. The molecule has 0 spiro atoms. The highest BCUT2D eigenvalue weighted by Gasteiger charge is 2.10. The molecule has 3 aromatic rings. The molecule has 0 unspecified atom stereocenters. The standard InChI is InChI=1S/C17H16N2O/c1-12(2)14-10-13-6-5-9-19-17(13)15(11-14)20-16-7-3-4-8-18-16/h3-12H,1-2H3. The molecule has 2 heterocycles. The highest BCUT2D eigenvalue weighted by atomic mass is 16.5. The van der Waals surface area contributed by atoms with Gasteiger partial charge in [-0.2, -0.15) is 0 Å². The molecule has 0 saturated carbocycles. The van der Waals surface area contributed by atoms with Crippen LogP contribution < -0.4 is 4.74 Å². The molecule has 0 radical (unpaired) electrons. The first kappa shape index (κ1) is 12.6. The van der Waals surface area contributed by atoms with E-state index in [2.05, 4.69) is 42.0 Å². The van der Waals surface area contributed by atoms with Crippen molar-refractivity contribution < 1.29 is 4.74 Å². The summed E-state index contributed by atoms with van der Waals surface area (Å²) in [4.78, 5) is 8.63. The summed E-state index contributed by atoms with van der Waals surface area (Å²) in [5, 5.41) is 1.09. The number of benzene rings is 1. The second-order valence-electron chi connectivity index (χ2n) is 5.02. The molecular formula is C17H16N2O. The van der Waals surface area contributed by atoms with Gasteiger partial charge < -0.3 is 4.74 Å². The van der Waals surface area contributed by atoms with Crippen molar-refractivity contribution in [2.24, 2.45) is 0 Å². The second kappa shape index (κ2) is 5.29. The third kappa shape index (κ3) is 2.48. The molecule has 0 N–H and O–H groups in total. The number of pyridine rings is 2. The molecular weight excluding hydrogens is 248 g/mol. The predicted octanol–water partition coefficient (Wildman–Crippen LogP) is 4.55. The van der Waals surface area contributed by atoms with Crippen LogP contribution in [-0.2, 0) is 0 Å². The smallest absolute Gasteiger partial charge is 0.219 e. The summed E-state index contributed by atoms with van der Waals surface area (Å²) in [6.45, 7) is 4.34. The lowest BCUT2D eigenvalue weighted by atomic mass is 10.0. The monoisotopic (exact) mass is 264 g/mol. The Morgan fingerprint density at radius 1 is 0.950 bits per heavy atom. The van der Waals surface area contributed by atoms with Gasteiger partial charge in [-0.3, -0.25) is 4.98 Å². The molecule has 0 amide bonds. The van der Waals surface area contributed by atoms with E-state index in [0.717, 1.165) is 16.7 Å². The molecule has 0 atom stereocenters. The SMILES string of the molecule is CC(C)c1cc(Oc2ccccn2)c2ncccc2c1. The maximum Gasteiger partial charge on any atom is 0.219 e. The molecule has 0 bridgehead atoms. The number of ether oxygens (including phenoxy) is 1. The van der Waals surface area contributed by atoms with E-state index in [0.29, 0.717) is 11.8 Å². The van der Waals surface area contributed by atoms with E-state index in [4.69, 9.17) is 4.74 Å². The molecule has 1 aromatic carbocycles. The van der Waals surface area contributed by atoms with Crippen LogP contribution in [0, 0.1) is 0 Å². The van der Waals surface area contributed by atoms with E-state index in [-0.39, 0.29) is 0 Å². The first-order chi connectivity index (χ1) is 9.74. The summed E-state index contributed by atoms with van der Waals surface area (Å²) in [6, 6.07) is 13.8. The van der Waals surface area contributed by atoms with Gasteiger partial charge >= 0.3 is 0 Å². The maximum atomic E-state index is 5.91. The molecule has 0 aliphatic rings. The van der Waals surface area contributed by atoms with Gasteiger partial charge in [0.05, 0.1) is 0 Å². The van der Waals surface area contributed by atoms with Crippen LogP contribution in [0.2, 0.25) is 0 Å². The average Bonchev–Trinajstić information content (AvgIpc) is 2.48. The van der Waals surface area contributed by atoms with E-state index in [1.807, 2.05) is 24.3 Å². The fourth-order valence-electron chi connectivity index (χ4n) is 2.11. The van der Waals surface area contributed by atoms with Crippen LogP contribution in [0.5, 0.6) is 11.6 Å². The zero-order chi connectivity index (χ0) is 13.9. The summed E-state index contributed by atoms with van der Waals surface area (Å²) in [5.41, 5.74) is 2.10. The van der Waals surface area contributed by atoms with Crippen LogP contribution >= 0.6 is 0 Å². The van der Waals surface area contributed by atoms with Crippen molar-refractivity contribution in [1.82, 2.24) is 9.97 Å². The lowest BCUT2D eigenvalue weighted by molar-refractivity contribution is 0.466. The molecule has 0 aliphatic heterocycles. The summed E-state index contributed by atoms with van der Waals surface area (Å²) in [6.07, 6.45) is 3.50. The Morgan fingerprint density at radius 2 is 1.80 bits per heavy atom. The zero-order valence-corrected chi connectivity index (χ0v) is 11.6. The summed E-state index contributed by atoms with van der Waals surface area (Å²) in [7, 11) is 0. The zero-order valence-electron chi connectivity index (χ0n) is 11.6. The number of aromatic nitrogens is 2. The molecule has 3 nitrogen and oxygen atoms in total. The van der Waals surface area contributed by atoms with Crippen LogP contribution in [0.1, 0.15) is 25.3 Å². The Labute approximate surface area is 118 Å². The molecule has 0 fully saturated rings. The Balaban J connectivity index is 2.12. The van der Waals surface area contributed by atoms with Gasteiger partial charge in [-0.15, -0.1) is 0 Å². The van der Waals surface area contributed by atoms with Crippen molar-refractivity contribution in [2.75, 3.05) is 0 Å². The van der Waals surface area contributed by atoms with Gasteiger partial charge in [0.25, 0.3) is 0 Å². The third-order valence-corrected chi connectivity index (χ3v) is 3.21. The van der Waals surface area contributed by atoms with E-state index >= 15 is 0 Å². The van der Waals surface area contributed by atoms with Gasteiger partial charge in [0, 0.05) is 23.8 Å². The van der Waals surface area contributed by atoms with Crippen molar-refractivity contribution in [3.05, 3.63) is 60.4 Å². The Morgan fingerprint density at radius 3 is 2.55 bits per heavy atom. The van der Waals surface area contributed by atoms with E-state index in [9.17, 15) is 0 Å². The van der Waals surface area contributed by atoms with Gasteiger partial charge in [0.1, 0.15) is 5.52 Å². The van der Waals surface area contributed by atoms with Gasteiger partial charge in [0.2, 0.25) is 5.88 Å². The van der Waals surface area contributed by atoms with Crippen molar-refractivity contribution >= 4 is 10.9 Å². The minimum atomic E-state index is 0.436. The van der Waals surface area contributed by atoms with E-state index < -0.39 is 0 Å². The average molecular weight is 264 g/mol. The number of hydrogen-bond acceptors (Lipinski definition) is 3. The van der Waals surface area contributed by atoms with Crippen molar-refractivity contribution in [3.8, 4) is 11.6 Å². The molecule has 0 saturated heterocycles. The lowest BCUT2D eigenvalue weighted by Gasteiger charge is -2.12. The van der Waals surface area contributed by atoms with Gasteiger partial charge in [-0.05, 0) is 35.7 Å². The molecule has 0 aliphatic carbocycles. The van der Waals surface area contributed by atoms with Crippen LogP contribution in [0.4, 0.5) is 0 Å². The predicted molar refractivity (Wildman–Crippen MR) is 80.1 cm³/mol. The summed E-state index contributed by atoms with van der Waals surface area (Å²) in [5.74, 6) is 1.77.